The summed E-state index contributed by atoms with van der Waals surface area (Å²) in [5, 5.41) is 7.52. The first-order chi connectivity index (χ1) is 8.00. The Labute approximate surface area is 101 Å². The van der Waals surface area contributed by atoms with E-state index in [1.165, 1.54) is 10.4 Å². The van der Waals surface area contributed by atoms with Crippen LogP contribution in [0.15, 0.2) is 17.2 Å². The van der Waals surface area contributed by atoms with Crippen LogP contribution >= 0.6 is 0 Å². The van der Waals surface area contributed by atoms with Crippen LogP contribution in [0.4, 0.5) is 0 Å². The minimum absolute atomic E-state index is 0.0126. The zero-order valence-corrected chi connectivity index (χ0v) is 10.5. The number of aromatic nitrogens is 2. The molecule has 0 aliphatic carbocycles. The smallest absolute Gasteiger partial charge is 0.262 e. The highest BCUT2D eigenvalue weighted by Gasteiger charge is 2.29. The zero-order chi connectivity index (χ0) is 12.5. The van der Waals surface area contributed by atoms with Gasteiger partial charge in [-0.25, -0.2) is 8.42 Å². The molecule has 1 aromatic rings. The lowest BCUT2D eigenvalue weighted by Gasteiger charge is -2.28. The van der Waals surface area contributed by atoms with Crippen molar-refractivity contribution >= 4 is 10.0 Å². The molecule has 0 amide bonds. The molecule has 0 unspecified atom stereocenters. The first-order valence-corrected chi connectivity index (χ1v) is 7.00. The SMILES string of the molecule is Cc1ccc(S(=O)(=O)N2CCC(N)CC2)nn1. The van der Waals surface area contributed by atoms with Crippen molar-refractivity contribution in [3.8, 4) is 0 Å². The maximum atomic E-state index is 12.2. The molecule has 1 aliphatic rings. The van der Waals surface area contributed by atoms with Crippen LogP contribution in [-0.2, 0) is 10.0 Å². The number of hydrogen-bond donors (Lipinski definition) is 1. The molecule has 17 heavy (non-hydrogen) atoms. The molecule has 2 heterocycles. The van der Waals surface area contributed by atoms with Gasteiger partial charge in [0.1, 0.15) is 0 Å². The predicted molar refractivity (Wildman–Crippen MR) is 62.7 cm³/mol. The van der Waals surface area contributed by atoms with Gasteiger partial charge in [-0.3, -0.25) is 0 Å². The Morgan fingerprint density at radius 1 is 1.29 bits per heavy atom. The summed E-state index contributed by atoms with van der Waals surface area (Å²) in [4.78, 5) is 0. The lowest BCUT2D eigenvalue weighted by atomic mass is 10.1. The van der Waals surface area contributed by atoms with E-state index in [2.05, 4.69) is 10.2 Å². The molecule has 0 spiro atoms. The van der Waals surface area contributed by atoms with Gasteiger partial charge in [-0.05, 0) is 31.9 Å². The third-order valence-electron chi connectivity index (χ3n) is 2.88. The van der Waals surface area contributed by atoms with Gasteiger partial charge < -0.3 is 5.73 Å². The van der Waals surface area contributed by atoms with E-state index in [1.807, 2.05) is 0 Å². The van der Waals surface area contributed by atoms with Gasteiger partial charge in [0.25, 0.3) is 10.0 Å². The summed E-state index contributed by atoms with van der Waals surface area (Å²) in [6.07, 6.45) is 1.39. The fraction of sp³-hybridized carbons (Fsp3) is 0.600. The summed E-state index contributed by atoms with van der Waals surface area (Å²) < 4.78 is 25.8. The van der Waals surface area contributed by atoms with Gasteiger partial charge in [0.05, 0.1) is 5.69 Å². The molecule has 2 rings (SSSR count). The van der Waals surface area contributed by atoms with Crippen molar-refractivity contribution in [1.29, 1.82) is 0 Å². The standard InChI is InChI=1S/C10H16N4O2S/c1-8-2-3-10(13-12-8)17(15,16)14-6-4-9(11)5-7-14/h2-3,9H,4-7,11H2,1H3. The molecule has 2 N–H and O–H groups in total. The lowest BCUT2D eigenvalue weighted by Crippen LogP contribution is -2.43. The average molecular weight is 256 g/mol. The van der Waals surface area contributed by atoms with Crippen LogP contribution in [0.5, 0.6) is 0 Å². The van der Waals surface area contributed by atoms with E-state index in [-0.39, 0.29) is 11.1 Å². The van der Waals surface area contributed by atoms with E-state index >= 15 is 0 Å². The van der Waals surface area contributed by atoms with Crippen LogP contribution in [0.25, 0.3) is 0 Å². The molecule has 0 aromatic carbocycles. The largest absolute Gasteiger partial charge is 0.328 e. The van der Waals surface area contributed by atoms with Crippen LogP contribution in [-0.4, -0.2) is 42.1 Å². The fourth-order valence-electron chi connectivity index (χ4n) is 1.77. The number of rotatable bonds is 2. The molecule has 0 atom stereocenters. The summed E-state index contributed by atoms with van der Waals surface area (Å²) in [6.45, 7) is 2.68. The van der Waals surface area contributed by atoms with Gasteiger partial charge >= 0.3 is 0 Å². The summed E-state index contributed by atoms with van der Waals surface area (Å²) in [5.41, 5.74) is 6.45. The molecule has 7 heteroatoms. The van der Waals surface area contributed by atoms with E-state index in [4.69, 9.17) is 5.73 Å². The summed E-state index contributed by atoms with van der Waals surface area (Å²) in [5.74, 6) is 0. The number of nitrogens with zero attached hydrogens (tertiary/aromatic N) is 3. The van der Waals surface area contributed by atoms with Crippen molar-refractivity contribution in [3.63, 3.8) is 0 Å². The van der Waals surface area contributed by atoms with Crippen LogP contribution in [0.1, 0.15) is 18.5 Å². The van der Waals surface area contributed by atoms with Gasteiger partial charge in [-0.1, -0.05) is 0 Å². The highest BCUT2D eigenvalue weighted by atomic mass is 32.2. The molecule has 1 aliphatic heterocycles. The molecule has 1 fully saturated rings. The monoisotopic (exact) mass is 256 g/mol. The summed E-state index contributed by atoms with van der Waals surface area (Å²) in [7, 11) is -3.50. The third kappa shape index (κ3) is 2.62. The van der Waals surface area contributed by atoms with Crippen molar-refractivity contribution in [2.75, 3.05) is 13.1 Å². The lowest BCUT2D eigenvalue weighted by molar-refractivity contribution is 0.319. The Bertz CT molecular complexity index is 478. The van der Waals surface area contributed by atoms with Crippen LogP contribution in [0.3, 0.4) is 0 Å². The van der Waals surface area contributed by atoms with Gasteiger partial charge in [-0.2, -0.15) is 9.40 Å². The van der Waals surface area contributed by atoms with Gasteiger partial charge in [-0.15, -0.1) is 5.10 Å². The number of nitrogens with two attached hydrogens (primary N) is 1. The predicted octanol–water partition coefficient (Wildman–Crippen LogP) is -0.103. The first kappa shape index (κ1) is 12.4. The molecule has 1 saturated heterocycles. The minimum Gasteiger partial charge on any atom is -0.328 e. The second kappa shape index (κ2) is 4.67. The molecular weight excluding hydrogens is 240 g/mol. The van der Waals surface area contributed by atoms with Crippen molar-refractivity contribution in [2.45, 2.75) is 30.8 Å². The van der Waals surface area contributed by atoms with Crippen LogP contribution in [0, 0.1) is 6.92 Å². The third-order valence-corrected chi connectivity index (χ3v) is 4.67. The Balaban J connectivity index is 2.21. The number of piperidine rings is 1. The van der Waals surface area contributed by atoms with Crippen molar-refractivity contribution in [3.05, 3.63) is 17.8 Å². The molecular formula is C10H16N4O2S. The van der Waals surface area contributed by atoms with Crippen molar-refractivity contribution < 1.29 is 8.42 Å². The Hall–Kier alpha value is -1.05. The Morgan fingerprint density at radius 3 is 2.47 bits per heavy atom. The summed E-state index contributed by atoms with van der Waals surface area (Å²) >= 11 is 0. The summed E-state index contributed by atoms with van der Waals surface area (Å²) in [6, 6.07) is 3.24. The number of hydrogen-bond acceptors (Lipinski definition) is 5. The van der Waals surface area contributed by atoms with Crippen LogP contribution < -0.4 is 5.73 Å². The van der Waals surface area contributed by atoms with Crippen molar-refractivity contribution in [1.82, 2.24) is 14.5 Å². The molecule has 0 radical (unpaired) electrons. The van der Waals surface area contributed by atoms with Gasteiger partial charge in [0.2, 0.25) is 0 Å². The maximum Gasteiger partial charge on any atom is 0.262 e. The molecule has 0 saturated carbocycles. The van der Waals surface area contributed by atoms with E-state index in [0.717, 1.165) is 0 Å². The molecule has 1 aromatic heterocycles. The average Bonchev–Trinajstić information content (AvgIpc) is 2.30. The zero-order valence-electron chi connectivity index (χ0n) is 9.70. The fourth-order valence-corrected chi connectivity index (χ4v) is 3.11. The highest BCUT2D eigenvalue weighted by molar-refractivity contribution is 7.89. The van der Waals surface area contributed by atoms with Crippen LogP contribution in [0.2, 0.25) is 0 Å². The van der Waals surface area contributed by atoms with Gasteiger partial charge in [0.15, 0.2) is 5.03 Å². The van der Waals surface area contributed by atoms with E-state index < -0.39 is 10.0 Å². The van der Waals surface area contributed by atoms with E-state index in [1.54, 1.807) is 13.0 Å². The highest BCUT2D eigenvalue weighted by Crippen LogP contribution is 2.18. The quantitative estimate of drug-likeness (QED) is 0.798. The van der Waals surface area contributed by atoms with Crippen molar-refractivity contribution in [2.24, 2.45) is 5.73 Å². The second-order valence-corrected chi connectivity index (χ2v) is 6.14. The Morgan fingerprint density at radius 2 is 1.94 bits per heavy atom. The van der Waals surface area contributed by atoms with Gasteiger partial charge in [0, 0.05) is 19.1 Å². The molecule has 6 nitrogen and oxygen atoms in total. The Kier molecular flexibility index (Phi) is 3.41. The topological polar surface area (TPSA) is 89.2 Å². The minimum atomic E-state index is -3.50. The number of aryl methyl sites for hydroxylation is 1. The molecule has 0 bridgehead atoms. The normalized spacial score (nSPS) is 19.4. The van der Waals surface area contributed by atoms with E-state index in [9.17, 15) is 8.42 Å². The second-order valence-electron chi connectivity index (χ2n) is 4.25. The maximum absolute atomic E-state index is 12.2. The van der Waals surface area contributed by atoms with E-state index in [0.29, 0.717) is 31.6 Å². The number of sulfonamides is 1. The molecule has 94 valence electrons. The first-order valence-electron chi connectivity index (χ1n) is 5.56.